The smallest absolute Gasteiger partial charge is 0.338 e. The minimum absolute atomic E-state index is 0.207. The number of aryl methyl sites for hydroxylation is 3. The summed E-state index contributed by atoms with van der Waals surface area (Å²) in [5.41, 5.74) is 5.65. The molecule has 0 spiro atoms. The third-order valence-corrected chi connectivity index (χ3v) is 4.08. The Labute approximate surface area is 142 Å². The molecule has 2 rings (SSSR count). The van der Waals surface area contributed by atoms with E-state index in [9.17, 15) is 9.90 Å². The number of carboxylic acids is 1. The van der Waals surface area contributed by atoms with Crippen LogP contribution in [-0.2, 0) is 17.6 Å². The van der Waals surface area contributed by atoms with E-state index >= 15 is 0 Å². The summed E-state index contributed by atoms with van der Waals surface area (Å²) >= 11 is 0. The second-order valence-corrected chi connectivity index (χ2v) is 5.59. The largest absolute Gasteiger partial charge is 0.504 e. The number of ether oxygens (including phenoxy) is 1. The molecule has 0 amide bonds. The van der Waals surface area contributed by atoms with Gasteiger partial charge in [0.2, 0.25) is 0 Å². The lowest BCUT2D eigenvalue weighted by Crippen LogP contribution is -2.07. The Morgan fingerprint density at radius 2 is 1.88 bits per heavy atom. The molecule has 1 aromatic heterocycles. The molecule has 0 fully saturated rings. The first-order valence-electron chi connectivity index (χ1n) is 8.08. The third kappa shape index (κ3) is 3.48. The number of benzene rings is 1. The molecule has 0 saturated carbocycles. The Morgan fingerprint density at radius 1 is 1.25 bits per heavy atom. The summed E-state index contributed by atoms with van der Waals surface area (Å²) in [4.78, 5) is 16.2. The van der Waals surface area contributed by atoms with Crippen LogP contribution in [0, 0.1) is 6.92 Å². The van der Waals surface area contributed by atoms with E-state index in [0.29, 0.717) is 11.3 Å². The lowest BCUT2D eigenvalue weighted by Gasteiger charge is -2.15. The highest BCUT2D eigenvalue weighted by Gasteiger charge is 2.18. The van der Waals surface area contributed by atoms with Crippen LogP contribution in [-0.4, -0.2) is 23.2 Å². The molecular weight excluding hydrogens is 302 g/mol. The standard InChI is InChI=1S/C20H23NO3/c1-5-14-8-7-9-15(6-2)19(14)17-12-13(3)18(20(22)23)16(21-17)10-11-24-4/h7-12H,5-6H2,1-4H3,(H,22,23)/b11-10+. The van der Waals surface area contributed by atoms with Crippen molar-refractivity contribution in [2.24, 2.45) is 0 Å². The molecule has 0 aliphatic carbocycles. The maximum absolute atomic E-state index is 11.6. The summed E-state index contributed by atoms with van der Waals surface area (Å²) in [6, 6.07) is 8.12. The van der Waals surface area contributed by atoms with E-state index in [4.69, 9.17) is 4.74 Å². The normalized spacial score (nSPS) is 11.0. The van der Waals surface area contributed by atoms with Crippen LogP contribution in [0.5, 0.6) is 0 Å². The minimum atomic E-state index is -0.984. The van der Waals surface area contributed by atoms with E-state index in [1.807, 2.05) is 6.07 Å². The lowest BCUT2D eigenvalue weighted by atomic mass is 9.93. The van der Waals surface area contributed by atoms with Crippen LogP contribution in [0.2, 0.25) is 0 Å². The molecule has 0 bridgehead atoms. The Balaban J connectivity index is 2.75. The average Bonchev–Trinajstić information content (AvgIpc) is 2.58. The molecule has 0 aliphatic heterocycles. The van der Waals surface area contributed by atoms with Crippen molar-refractivity contribution in [3.63, 3.8) is 0 Å². The van der Waals surface area contributed by atoms with E-state index in [1.54, 1.807) is 13.0 Å². The zero-order valence-corrected chi connectivity index (χ0v) is 14.6. The quantitative estimate of drug-likeness (QED) is 0.795. The van der Waals surface area contributed by atoms with Crippen molar-refractivity contribution >= 4 is 12.0 Å². The Morgan fingerprint density at radius 3 is 2.38 bits per heavy atom. The third-order valence-electron chi connectivity index (χ3n) is 4.08. The van der Waals surface area contributed by atoms with Crippen LogP contribution < -0.4 is 0 Å². The number of hydrogen-bond acceptors (Lipinski definition) is 3. The molecule has 0 aliphatic rings. The van der Waals surface area contributed by atoms with E-state index in [0.717, 1.165) is 24.1 Å². The first-order valence-corrected chi connectivity index (χ1v) is 8.08. The van der Waals surface area contributed by atoms with Crippen LogP contribution in [0.1, 0.15) is 46.6 Å². The Kier molecular flexibility index (Phi) is 5.74. The number of aromatic nitrogens is 1. The first kappa shape index (κ1) is 17.7. The summed E-state index contributed by atoms with van der Waals surface area (Å²) in [5, 5.41) is 9.49. The van der Waals surface area contributed by atoms with Crippen LogP contribution in [0.15, 0.2) is 30.5 Å². The summed E-state index contributed by atoms with van der Waals surface area (Å²) in [6.45, 7) is 6.03. The summed E-state index contributed by atoms with van der Waals surface area (Å²) in [5.74, 6) is -0.984. The van der Waals surface area contributed by atoms with Crippen molar-refractivity contribution in [1.82, 2.24) is 4.98 Å². The van der Waals surface area contributed by atoms with Gasteiger partial charge in [0.25, 0.3) is 0 Å². The highest BCUT2D eigenvalue weighted by atomic mass is 16.5. The molecule has 2 aromatic rings. The van der Waals surface area contributed by atoms with Gasteiger partial charge in [0.1, 0.15) is 0 Å². The molecule has 4 nitrogen and oxygen atoms in total. The van der Waals surface area contributed by atoms with Gasteiger partial charge in [0.05, 0.1) is 30.3 Å². The van der Waals surface area contributed by atoms with Gasteiger partial charge in [0.15, 0.2) is 0 Å². The average molecular weight is 325 g/mol. The Bertz CT molecular complexity index is 756. The second kappa shape index (κ2) is 7.77. The number of carboxylic acid groups (broad SMARTS) is 1. The van der Waals surface area contributed by atoms with Gasteiger partial charge in [-0.1, -0.05) is 32.0 Å². The second-order valence-electron chi connectivity index (χ2n) is 5.59. The highest BCUT2D eigenvalue weighted by Crippen LogP contribution is 2.30. The summed E-state index contributed by atoms with van der Waals surface area (Å²) < 4.78 is 4.94. The van der Waals surface area contributed by atoms with Crippen molar-refractivity contribution < 1.29 is 14.6 Å². The van der Waals surface area contributed by atoms with E-state index in [1.165, 1.54) is 24.5 Å². The zero-order chi connectivity index (χ0) is 17.7. The van der Waals surface area contributed by atoms with Crippen LogP contribution in [0.4, 0.5) is 0 Å². The van der Waals surface area contributed by atoms with Gasteiger partial charge < -0.3 is 9.84 Å². The number of pyridine rings is 1. The summed E-state index contributed by atoms with van der Waals surface area (Å²) in [7, 11) is 1.52. The molecule has 0 radical (unpaired) electrons. The molecule has 0 unspecified atom stereocenters. The molecule has 1 heterocycles. The van der Waals surface area contributed by atoms with Crippen molar-refractivity contribution in [1.29, 1.82) is 0 Å². The van der Waals surface area contributed by atoms with Gasteiger partial charge in [0, 0.05) is 5.56 Å². The number of nitrogens with zero attached hydrogens (tertiary/aromatic N) is 1. The van der Waals surface area contributed by atoms with Crippen LogP contribution >= 0.6 is 0 Å². The molecule has 24 heavy (non-hydrogen) atoms. The zero-order valence-electron chi connectivity index (χ0n) is 14.6. The Hall–Kier alpha value is -2.62. The molecule has 0 saturated heterocycles. The highest BCUT2D eigenvalue weighted by molar-refractivity contribution is 5.93. The van der Waals surface area contributed by atoms with Gasteiger partial charge in [-0.2, -0.15) is 0 Å². The molecule has 0 atom stereocenters. The van der Waals surface area contributed by atoms with E-state index < -0.39 is 5.97 Å². The topological polar surface area (TPSA) is 59.4 Å². The van der Waals surface area contributed by atoms with Crippen molar-refractivity contribution in [3.05, 3.63) is 58.5 Å². The number of rotatable bonds is 6. The monoisotopic (exact) mass is 325 g/mol. The first-order chi connectivity index (χ1) is 11.5. The summed E-state index contributed by atoms with van der Waals surface area (Å²) in [6.07, 6.45) is 4.84. The maximum atomic E-state index is 11.6. The number of carbonyl (C=O) groups is 1. The molecule has 1 N–H and O–H groups in total. The van der Waals surface area contributed by atoms with Crippen LogP contribution in [0.3, 0.4) is 0 Å². The minimum Gasteiger partial charge on any atom is -0.504 e. The lowest BCUT2D eigenvalue weighted by molar-refractivity contribution is 0.0695. The number of hydrogen-bond donors (Lipinski definition) is 1. The molecule has 4 heteroatoms. The number of methoxy groups -OCH3 is 1. The van der Waals surface area contributed by atoms with Gasteiger partial charge in [-0.25, -0.2) is 9.78 Å². The maximum Gasteiger partial charge on any atom is 0.338 e. The van der Waals surface area contributed by atoms with Crippen molar-refractivity contribution in [3.8, 4) is 11.3 Å². The molecular formula is C20H23NO3. The SMILES string of the molecule is CCc1cccc(CC)c1-c1cc(C)c(C(=O)O)c(/C=C/OC)n1. The fraction of sp³-hybridized carbons (Fsp3) is 0.300. The fourth-order valence-corrected chi connectivity index (χ4v) is 2.93. The van der Waals surface area contributed by atoms with Crippen molar-refractivity contribution in [2.75, 3.05) is 7.11 Å². The van der Waals surface area contributed by atoms with Gasteiger partial charge in [-0.3, -0.25) is 0 Å². The molecule has 1 aromatic carbocycles. The van der Waals surface area contributed by atoms with Gasteiger partial charge in [-0.15, -0.1) is 0 Å². The predicted molar refractivity (Wildman–Crippen MR) is 96.2 cm³/mol. The van der Waals surface area contributed by atoms with E-state index in [2.05, 4.69) is 37.0 Å². The predicted octanol–water partition coefficient (Wildman–Crippen LogP) is 4.50. The van der Waals surface area contributed by atoms with Gasteiger partial charge in [-0.05, 0) is 48.6 Å². The van der Waals surface area contributed by atoms with Crippen LogP contribution in [0.25, 0.3) is 17.3 Å². The van der Waals surface area contributed by atoms with Crippen molar-refractivity contribution in [2.45, 2.75) is 33.6 Å². The van der Waals surface area contributed by atoms with Gasteiger partial charge >= 0.3 is 5.97 Å². The fourth-order valence-electron chi connectivity index (χ4n) is 2.93. The molecule has 126 valence electrons. The van der Waals surface area contributed by atoms with E-state index in [-0.39, 0.29) is 5.56 Å². The number of aromatic carboxylic acids is 1.